The summed E-state index contributed by atoms with van der Waals surface area (Å²) in [5.41, 5.74) is 0.927. The summed E-state index contributed by atoms with van der Waals surface area (Å²) in [5.74, 6) is 1.64. The van der Waals surface area contributed by atoms with E-state index in [1.807, 2.05) is 0 Å². The molecule has 34 heavy (non-hydrogen) atoms. The largest absolute Gasteiger partial charge is 0.480 e. The first-order valence-electron chi connectivity index (χ1n) is 11.4. The van der Waals surface area contributed by atoms with Crippen molar-refractivity contribution in [2.45, 2.75) is 59.2 Å². The molecule has 184 valence electrons. The Morgan fingerprint density at radius 1 is 1.32 bits per heavy atom. The highest BCUT2D eigenvalue weighted by Crippen LogP contribution is 2.61. The molecule has 3 aliphatic rings. The Kier molecular flexibility index (Phi) is 6.79. The number of anilines is 1. The molecule has 11 heteroatoms. The first-order chi connectivity index (χ1) is 16.0. The maximum Gasteiger partial charge on any atom is 0.288 e. The number of nitrogens with one attached hydrogen (secondary N) is 2. The van der Waals surface area contributed by atoms with Gasteiger partial charge in [0, 0.05) is 11.6 Å². The molecule has 2 bridgehead atoms. The number of methoxy groups -OCH3 is 1. The Morgan fingerprint density at radius 3 is 2.71 bits per heavy atom. The first-order valence-corrected chi connectivity index (χ1v) is 12.2. The first kappa shape index (κ1) is 24.7. The molecule has 2 N–H and O–H groups in total. The molecule has 0 saturated heterocycles. The zero-order valence-corrected chi connectivity index (χ0v) is 21.4. The molecule has 2 aromatic rings. The Morgan fingerprint density at radius 2 is 2.06 bits per heavy atom. The van der Waals surface area contributed by atoms with Gasteiger partial charge in [-0.25, -0.2) is 4.68 Å². The van der Waals surface area contributed by atoms with Gasteiger partial charge in [0.25, 0.3) is 5.56 Å². The highest BCUT2D eigenvalue weighted by atomic mass is 35.5. The number of ether oxygens (including phenoxy) is 1. The van der Waals surface area contributed by atoms with Crippen LogP contribution in [0.25, 0.3) is 0 Å². The van der Waals surface area contributed by atoms with Gasteiger partial charge < -0.3 is 15.4 Å². The summed E-state index contributed by atoms with van der Waals surface area (Å²) in [7, 11) is 1.45. The molecule has 3 saturated carbocycles. The lowest BCUT2D eigenvalue weighted by atomic mass is 9.45. The van der Waals surface area contributed by atoms with E-state index < -0.39 is 17.5 Å². The van der Waals surface area contributed by atoms with E-state index in [4.69, 9.17) is 27.9 Å². The van der Waals surface area contributed by atoms with Crippen LogP contribution in [0.1, 0.15) is 52.1 Å². The molecule has 5 rings (SSSR count). The highest BCUT2D eigenvalue weighted by molar-refractivity contribution is 6.33. The maximum absolute atomic E-state index is 12.8. The number of carbonyl (C=O) groups excluding carboxylic acids is 1. The standard InChI is InChI=1S/C23H30Cl2N6O3/c1-11-15-6-13(23(15,3)4)7-16(11)28-17-9-26-31(22(33)20(17)25)10-19(32)27-12(2)14-8-18(24)29-30-21(14)34-5/h8-9,11-13,15-16,28H,6-7,10H2,1-5H3,(H,27,32)/t11-,12?,13+,15-,16-/m1/s1. The van der Waals surface area contributed by atoms with Crippen LogP contribution in [-0.4, -0.2) is 39.0 Å². The number of hydrogen-bond acceptors (Lipinski definition) is 7. The zero-order chi connectivity index (χ0) is 24.8. The number of aromatic nitrogens is 4. The van der Waals surface area contributed by atoms with E-state index in [0.717, 1.165) is 11.1 Å². The van der Waals surface area contributed by atoms with E-state index in [-0.39, 0.29) is 28.6 Å². The van der Waals surface area contributed by atoms with Gasteiger partial charge in [-0.1, -0.05) is 44.0 Å². The minimum atomic E-state index is -0.519. The van der Waals surface area contributed by atoms with E-state index in [0.29, 0.717) is 34.4 Å². The molecule has 1 amide bonds. The smallest absolute Gasteiger partial charge is 0.288 e. The lowest BCUT2D eigenvalue weighted by Gasteiger charge is -2.62. The molecule has 5 atom stereocenters. The van der Waals surface area contributed by atoms with Gasteiger partial charge >= 0.3 is 0 Å². The second kappa shape index (κ2) is 9.34. The van der Waals surface area contributed by atoms with Crippen LogP contribution in [0.3, 0.4) is 0 Å². The molecule has 2 heterocycles. The molecule has 0 aromatic carbocycles. The number of carbonyl (C=O) groups is 1. The average Bonchev–Trinajstić information content (AvgIpc) is 2.79. The van der Waals surface area contributed by atoms with Crippen LogP contribution >= 0.6 is 23.2 Å². The number of rotatable bonds is 7. The molecular formula is C23H30Cl2N6O3. The maximum atomic E-state index is 12.8. The third kappa shape index (κ3) is 4.47. The number of nitrogens with zero attached hydrogens (tertiary/aromatic N) is 4. The van der Waals surface area contributed by atoms with Crippen molar-refractivity contribution >= 4 is 34.8 Å². The van der Waals surface area contributed by atoms with Gasteiger partial charge in [-0.15, -0.1) is 10.2 Å². The molecule has 3 fully saturated rings. The van der Waals surface area contributed by atoms with Crippen molar-refractivity contribution in [3.8, 4) is 5.88 Å². The minimum Gasteiger partial charge on any atom is -0.480 e. The molecule has 0 aliphatic heterocycles. The van der Waals surface area contributed by atoms with Crippen LogP contribution in [0.15, 0.2) is 17.1 Å². The second-order valence-corrected chi connectivity index (χ2v) is 10.7. The number of amides is 1. The topological polar surface area (TPSA) is 111 Å². The average molecular weight is 509 g/mol. The fraction of sp³-hybridized carbons (Fsp3) is 0.609. The Bertz CT molecular complexity index is 1150. The van der Waals surface area contributed by atoms with Crippen molar-refractivity contribution in [2.24, 2.45) is 23.2 Å². The summed E-state index contributed by atoms with van der Waals surface area (Å²) in [6.45, 7) is 8.41. The van der Waals surface area contributed by atoms with Gasteiger partial charge in [0.05, 0.1) is 25.0 Å². The highest BCUT2D eigenvalue weighted by Gasteiger charge is 2.56. The molecular weight excluding hydrogens is 479 g/mol. The number of fused-ring (bicyclic) bond motifs is 2. The van der Waals surface area contributed by atoms with Crippen molar-refractivity contribution in [1.29, 1.82) is 0 Å². The number of halogens is 2. The summed E-state index contributed by atoms with van der Waals surface area (Å²) in [5, 5.41) is 18.2. The van der Waals surface area contributed by atoms with Crippen molar-refractivity contribution < 1.29 is 9.53 Å². The van der Waals surface area contributed by atoms with Gasteiger partial charge in [-0.3, -0.25) is 9.59 Å². The van der Waals surface area contributed by atoms with Crippen LogP contribution < -0.4 is 20.9 Å². The Hall–Kier alpha value is -2.39. The van der Waals surface area contributed by atoms with Crippen LogP contribution in [0.2, 0.25) is 10.2 Å². The number of hydrogen-bond donors (Lipinski definition) is 2. The van der Waals surface area contributed by atoms with E-state index in [1.165, 1.54) is 19.7 Å². The van der Waals surface area contributed by atoms with Crippen molar-refractivity contribution in [1.82, 2.24) is 25.3 Å². The van der Waals surface area contributed by atoms with Crippen molar-refractivity contribution in [3.05, 3.63) is 38.4 Å². The van der Waals surface area contributed by atoms with Crippen molar-refractivity contribution in [3.63, 3.8) is 0 Å². The van der Waals surface area contributed by atoms with Gasteiger partial charge in [0.2, 0.25) is 11.8 Å². The fourth-order valence-corrected chi connectivity index (χ4v) is 5.91. The summed E-state index contributed by atoms with van der Waals surface area (Å²) >= 11 is 12.3. The van der Waals surface area contributed by atoms with Gasteiger partial charge in [0.15, 0.2) is 5.15 Å². The van der Waals surface area contributed by atoms with Crippen LogP contribution in [0.4, 0.5) is 5.69 Å². The summed E-state index contributed by atoms with van der Waals surface area (Å²) in [4.78, 5) is 25.4. The monoisotopic (exact) mass is 508 g/mol. The molecule has 0 radical (unpaired) electrons. The Labute approximate surface area is 208 Å². The van der Waals surface area contributed by atoms with Crippen LogP contribution in [0.5, 0.6) is 5.88 Å². The lowest BCUT2D eigenvalue weighted by molar-refractivity contribution is -0.122. The van der Waals surface area contributed by atoms with E-state index in [1.54, 1.807) is 13.0 Å². The lowest BCUT2D eigenvalue weighted by Crippen LogP contribution is -2.58. The van der Waals surface area contributed by atoms with E-state index >= 15 is 0 Å². The third-order valence-corrected chi connectivity index (χ3v) is 8.32. The molecule has 2 aromatic heterocycles. The van der Waals surface area contributed by atoms with Crippen LogP contribution in [-0.2, 0) is 11.3 Å². The third-order valence-electron chi connectivity index (χ3n) is 7.77. The fourth-order valence-electron chi connectivity index (χ4n) is 5.56. The minimum absolute atomic E-state index is 0.0355. The van der Waals surface area contributed by atoms with E-state index in [9.17, 15) is 9.59 Å². The zero-order valence-electron chi connectivity index (χ0n) is 19.9. The predicted molar refractivity (Wildman–Crippen MR) is 130 cm³/mol. The molecule has 0 spiro atoms. The second-order valence-electron chi connectivity index (χ2n) is 9.96. The van der Waals surface area contributed by atoms with Gasteiger partial charge in [0.1, 0.15) is 11.6 Å². The molecule has 9 nitrogen and oxygen atoms in total. The molecule has 1 unspecified atom stereocenters. The van der Waals surface area contributed by atoms with Crippen LogP contribution in [0, 0.1) is 23.2 Å². The Balaban J connectivity index is 1.42. The summed E-state index contributed by atoms with van der Waals surface area (Å²) in [6, 6.07) is 1.33. The summed E-state index contributed by atoms with van der Waals surface area (Å²) in [6.07, 6.45) is 3.83. The van der Waals surface area contributed by atoms with E-state index in [2.05, 4.69) is 46.7 Å². The normalized spacial score (nSPS) is 25.7. The molecule has 3 aliphatic carbocycles. The quantitative estimate of drug-likeness (QED) is 0.586. The van der Waals surface area contributed by atoms with Gasteiger partial charge in [-0.2, -0.15) is 5.10 Å². The van der Waals surface area contributed by atoms with Gasteiger partial charge in [-0.05, 0) is 49.0 Å². The van der Waals surface area contributed by atoms with Crippen molar-refractivity contribution in [2.75, 3.05) is 12.4 Å². The summed E-state index contributed by atoms with van der Waals surface area (Å²) < 4.78 is 6.24. The SMILES string of the molecule is COc1nnc(Cl)cc1C(C)NC(=O)Cn1ncc(N[C@@H]2C[C@@H]3C[C@H]([C@H]2C)C3(C)C)c(Cl)c1=O. The predicted octanol–water partition coefficient (Wildman–Crippen LogP) is 3.71.